The van der Waals surface area contributed by atoms with Crippen LogP contribution in [0.3, 0.4) is 0 Å². The van der Waals surface area contributed by atoms with E-state index in [4.69, 9.17) is 25.5 Å². The van der Waals surface area contributed by atoms with Gasteiger partial charge in [-0.2, -0.15) is 0 Å². The lowest BCUT2D eigenvalue weighted by molar-refractivity contribution is 0.0630. The van der Waals surface area contributed by atoms with Crippen LogP contribution in [-0.2, 0) is 4.74 Å². The topological polar surface area (TPSA) is 109 Å². The zero-order valence-corrected chi connectivity index (χ0v) is 30.2. The average Bonchev–Trinajstić information content (AvgIpc) is 3.06. The van der Waals surface area contributed by atoms with Crippen molar-refractivity contribution >= 4 is 28.7 Å². The molecule has 2 aromatic carbocycles. The standard InChI is InChI=1S/C40H54ClNO7/c1-4-5-6-7-10-13-18-28(2)19-14-11-8-9-12-17-24-47-40(46)49-36-26-32(43)37(30-22-23-42(3)27-34(30)45)39-38(36)33(44)25-35(48-39)29-20-15-16-21-31(29)41/h10,13,15-16,20-21,25-26,28,30,34,43,45H,4-9,11-12,14,17-19,22-24,27H2,1-3H3/b13-10-/t28?,30?,34-/m0/s1. The smallest absolute Gasteiger partial charge is 0.507 e. The van der Waals surface area contributed by atoms with Crippen molar-refractivity contribution in [2.24, 2.45) is 5.92 Å². The van der Waals surface area contributed by atoms with Crippen molar-refractivity contribution in [1.82, 2.24) is 4.90 Å². The van der Waals surface area contributed by atoms with Crippen LogP contribution < -0.4 is 10.2 Å². The number of aromatic hydroxyl groups is 1. The molecular formula is C40H54ClNO7. The van der Waals surface area contributed by atoms with Gasteiger partial charge in [0.1, 0.15) is 22.5 Å². The first-order chi connectivity index (χ1) is 23.7. The number of hydrogen-bond donors (Lipinski definition) is 2. The minimum Gasteiger partial charge on any atom is -0.507 e. The fourth-order valence-corrected chi connectivity index (χ4v) is 6.85. The van der Waals surface area contributed by atoms with E-state index in [2.05, 4.69) is 26.0 Å². The summed E-state index contributed by atoms with van der Waals surface area (Å²) in [5.74, 6) is 0.00965. The van der Waals surface area contributed by atoms with E-state index < -0.39 is 23.6 Å². The van der Waals surface area contributed by atoms with Crippen molar-refractivity contribution in [2.45, 2.75) is 109 Å². The van der Waals surface area contributed by atoms with Gasteiger partial charge in [0.15, 0.2) is 11.2 Å². The zero-order chi connectivity index (χ0) is 35.2. The van der Waals surface area contributed by atoms with Crippen LogP contribution in [0.5, 0.6) is 11.5 Å². The molecule has 2 unspecified atom stereocenters. The number of unbranched alkanes of at least 4 members (excludes halogenated alkanes) is 8. The second-order valence-electron chi connectivity index (χ2n) is 13.6. The first-order valence-corrected chi connectivity index (χ1v) is 18.5. The van der Waals surface area contributed by atoms with Crippen molar-refractivity contribution in [3.8, 4) is 22.8 Å². The molecule has 3 aromatic rings. The highest BCUT2D eigenvalue weighted by Gasteiger charge is 2.33. The number of rotatable bonds is 18. The van der Waals surface area contributed by atoms with Gasteiger partial charge in [0.25, 0.3) is 0 Å². The van der Waals surface area contributed by atoms with Crippen molar-refractivity contribution < 1.29 is 28.9 Å². The van der Waals surface area contributed by atoms with Crippen LogP contribution in [0.15, 0.2) is 57.8 Å². The normalized spacial score (nSPS) is 17.5. The number of benzene rings is 2. The van der Waals surface area contributed by atoms with Gasteiger partial charge in [0.05, 0.1) is 17.7 Å². The van der Waals surface area contributed by atoms with Crippen molar-refractivity contribution in [3.63, 3.8) is 0 Å². The number of hydrogen-bond acceptors (Lipinski definition) is 8. The molecule has 3 atom stereocenters. The van der Waals surface area contributed by atoms with Gasteiger partial charge in [-0.3, -0.25) is 4.79 Å². The predicted octanol–water partition coefficient (Wildman–Crippen LogP) is 10.0. The van der Waals surface area contributed by atoms with E-state index in [9.17, 15) is 19.8 Å². The molecule has 1 aliphatic rings. The summed E-state index contributed by atoms with van der Waals surface area (Å²) in [6.45, 7) is 5.82. The molecule has 0 spiro atoms. The van der Waals surface area contributed by atoms with E-state index in [-0.39, 0.29) is 34.8 Å². The fraction of sp³-hybridized carbons (Fsp3) is 0.550. The highest BCUT2D eigenvalue weighted by molar-refractivity contribution is 6.33. The van der Waals surface area contributed by atoms with Crippen LogP contribution in [0.1, 0.15) is 109 Å². The van der Waals surface area contributed by atoms with Gasteiger partial charge in [-0.25, -0.2) is 4.79 Å². The summed E-state index contributed by atoms with van der Waals surface area (Å²) in [4.78, 5) is 28.3. The Morgan fingerprint density at radius 1 is 1.08 bits per heavy atom. The summed E-state index contributed by atoms with van der Waals surface area (Å²) >= 11 is 6.42. The van der Waals surface area contributed by atoms with Crippen LogP contribution in [0.2, 0.25) is 5.02 Å². The molecule has 0 bridgehead atoms. The summed E-state index contributed by atoms with van der Waals surface area (Å²) in [5, 5.41) is 22.6. The molecule has 1 aromatic heterocycles. The summed E-state index contributed by atoms with van der Waals surface area (Å²) < 4.78 is 17.1. The Kier molecular flexibility index (Phi) is 15.5. The molecule has 2 N–H and O–H groups in total. The summed E-state index contributed by atoms with van der Waals surface area (Å²) in [5.41, 5.74) is 0.369. The molecule has 0 saturated carbocycles. The number of aliphatic hydroxyl groups excluding tert-OH is 1. The van der Waals surface area contributed by atoms with Gasteiger partial charge in [0.2, 0.25) is 0 Å². The Morgan fingerprint density at radius 2 is 1.84 bits per heavy atom. The largest absolute Gasteiger partial charge is 0.513 e. The molecular weight excluding hydrogens is 642 g/mol. The molecule has 0 radical (unpaired) electrons. The number of likely N-dealkylation sites (tertiary alicyclic amines) is 1. The highest BCUT2D eigenvalue weighted by Crippen LogP contribution is 2.43. The maximum absolute atomic E-state index is 13.6. The van der Waals surface area contributed by atoms with E-state index in [1.165, 1.54) is 57.1 Å². The van der Waals surface area contributed by atoms with Crippen LogP contribution in [0.25, 0.3) is 22.3 Å². The summed E-state index contributed by atoms with van der Waals surface area (Å²) in [6.07, 6.45) is 17.2. The number of aliphatic hydroxyl groups is 1. The lowest BCUT2D eigenvalue weighted by Gasteiger charge is -2.34. The maximum Gasteiger partial charge on any atom is 0.513 e. The SMILES string of the molecule is CCCCC/C=C\CC(C)CCCCCCCCOC(=O)Oc1cc(O)c(C2CCN(C)C[C@@H]2O)c2oc(-c3ccccc3Cl)cc(=O)c12. The van der Waals surface area contributed by atoms with Crippen LogP contribution in [0.4, 0.5) is 4.79 Å². The first-order valence-electron chi connectivity index (χ1n) is 18.1. The van der Waals surface area contributed by atoms with Crippen molar-refractivity contribution in [3.05, 3.63) is 69.4 Å². The van der Waals surface area contributed by atoms with E-state index in [0.29, 0.717) is 48.0 Å². The van der Waals surface area contributed by atoms with E-state index in [0.717, 1.165) is 25.7 Å². The third-order valence-electron chi connectivity index (χ3n) is 9.46. The molecule has 1 saturated heterocycles. The van der Waals surface area contributed by atoms with E-state index in [1.807, 2.05) is 11.9 Å². The number of piperidine rings is 1. The molecule has 9 heteroatoms. The van der Waals surface area contributed by atoms with Crippen LogP contribution in [-0.4, -0.2) is 54.1 Å². The summed E-state index contributed by atoms with van der Waals surface area (Å²) in [7, 11) is 1.91. The Morgan fingerprint density at radius 3 is 2.59 bits per heavy atom. The van der Waals surface area contributed by atoms with Gasteiger partial charge in [-0.05, 0) is 63.7 Å². The quantitative estimate of drug-likeness (QED) is 0.0586. The molecule has 8 nitrogen and oxygen atoms in total. The average molecular weight is 696 g/mol. The number of fused-ring (bicyclic) bond motifs is 1. The van der Waals surface area contributed by atoms with Gasteiger partial charge < -0.3 is 29.0 Å². The van der Waals surface area contributed by atoms with E-state index in [1.54, 1.807) is 24.3 Å². The first kappa shape index (κ1) is 38.5. The zero-order valence-electron chi connectivity index (χ0n) is 29.4. The lowest BCUT2D eigenvalue weighted by Crippen LogP contribution is -2.40. The minimum atomic E-state index is -0.962. The van der Waals surface area contributed by atoms with Crippen LogP contribution >= 0.6 is 11.6 Å². The number of ether oxygens (including phenoxy) is 2. The molecule has 4 rings (SSSR count). The second kappa shape index (κ2) is 19.8. The molecule has 0 aliphatic carbocycles. The molecule has 49 heavy (non-hydrogen) atoms. The molecule has 2 heterocycles. The lowest BCUT2D eigenvalue weighted by atomic mass is 9.85. The van der Waals surface area contributed by atoms with Crippen LogP contribution in [0, 0.1) is 5.92 Å². The molecule has 268 valence electrons. The second-order valence-corrected chi connectivity index (χ2v) is 14.0. The number of halogens is 1. The Hall–Kier alpha value is -3.33. The third-order valence-corrected chi connectivity index (χ3v) is 9.79. The Bertz CT molecular complexity index is 1580. The molecule has 1 fully saturated rings. The van der Waals surface area contributed by atoms with Gasteiger partial charge >= 0.3 is 6.16 Å². The maximum atomic E-state index is 13.6. The van der Waals surface area contributed by atoms with Gasteiger partial charge in [-0.1, -0.05) is 101 Å². The van der Waals surface area contributed by atoms with Crippen molar-refractivity contribution in [2.75, 3.05) is 26.7 Å². The number of phenols is 1. The number of carbonyl (C=O) groups is 1. The van der Waals surface area contributed by atoms with Crippen molar-refractivity contribution in [1.29, 1.82) is 0 Å². The number of phenolic OH excluding ortho intramolecular Hbond substituents is 1. The number of likely N-dealkylation sites (N-methyl/N-ethyl adjacent to an activating group) is 1. The van der Waals surface area contributed by atoms with E-state index >= 15 is 0 Å². The monoisotopic (exact) mass is 695 g/mol. The number of carbonyl (C=O) groups excluding carboxylic acids is 1. The number of allylic oxidation sites excluding steroid dienone is 2. The van der Waals surface area contributed by atoms with Gasteiger partial charge in [-0.15, -0.1) is 0 Å². The van der Waals surface area contributed by atoms with Gasteiger partial charge in [0, 0.05) is 35.7 Å². The molecule has 1 aliphatic heterocycles. The third kappa shape index (κ3) is 11.3. The number of β-amino-alcohol motifs (C(OH)–C–C–N with tert-alkyl or cyclic N) is 1. The number of nitrogens with zero attached hydrogens (tertiary/aromatic N) is 1. The predicted molar refractivity (Wildman–Crippen MR) is 197 cm³/mol. The minimum absolute atomic E-state index is 0.0102. The molecule has 0 amide bonds. The Balaban J connectivity index is 1.32. The summed E-state index contributed by atoms with van der Waals surface area (Å²) in [6, 6.07) is 9.49. The fourth-order valence-electron chi connectivity index (χ4n) is 6.62. The Labute approximate surface area is 296 Å². The highest BCUT2D eigenvalue weighted by atomic mass is 35.5.